The van der Waals surface area contributed by atoms with E-state index in [-0.39, 0.29) is 5.82 Å². The first-order valence-electron chi connectivity index (χ1n) is 6.85. The van der Waals surface area contributed by atoms with E-state index in [1.165, 1.54) is 12.3 Å². The standard InChI is InChI=1S/C14H21FN2O2/c1-2-4-16-7-12-6-13(15)8-17-14(12)19-10-11-3-5-18-9-11/h6,8,11,16H,2-5,7,9-10H2,1H3. The molecule has 1 N–H and O–H groups in total. The molecule has 0 amide bonds. The minimum absolute atomic E-state index is 0.329. The molecule has 106 valence electrons. The Bertz CT molecular complexity index is 395. The predicted octanol–water partition coefficient (Wildman–Crippen LogP) is 2.14. The fourth-order valence-corrected chi connectivity index (χ4v) is 2.04. The highest BCUT2D eigenvalue weighted by Crippen LogP contribution is 2.19. The van der Waals surface area contributed by atoms with Gasteiger partial charge in [-0.3, -0.25) is 0 Å². The largest absolute Gasteiger partial charge is 0.477 e. The molecule has 1 unspecified atom stereocenters. The van der Waals surface area contributed by atoms with Crippen molar-refractivity contribution in [3.63, 3.8) is 0 Å². The topological polar surface area (TPSA) is 43.4 Å². The first-order valence-corrected chi connectivity index (χ1v) is 6.85. The summed E-state index contributed by atoms with van der Waals surface area (Å²) in [6.07, 6.45) is 3.26. The molecular formula is C14H21FN2O2. The number of rotatable bonds is 7. The lowest BCUT2D eigenvalue weighted by Crippen LogP contribution is -2.17. The van der Waals surface area contributed by atoms with Crippen molar-refractivity contribution >= 4 is 0 Å². The van der Waals surface area contributed by atoms with Crippen LogP contribution >= 0.6 is 0 Å². The number of halogens is 1. The van der Waals surface area contributed by atoms with E-state index in [1.54, 1.807) is 0 Å². The van der Waals surface area contributed by atoms with Crippen LogP contribution in [0, 0.1) is 11.7 Å². The molecule has 0 bridgehead atoms. The van der Waals surface area contributed by atoms with Crippen molar-refractivity contribution in [2.45, 2.75) is 26.3 Å². The van der Waals surface area contributed by atoms with Gasteiger partial charge >= 0.3 is 0 Å². The molecule has 0 saturated carbocycles. The van der Waals surface area contributed by atoms with Crippen LogP contribution in [-0.2, 0) is 11.3 Å². The van der Waals surface area contributed by atoms with Gasteiger partial charge < -0.3 is 14.8 Å². The summed E-state index contributed by atoms with van der Waals surface area (Å²) < 4.78 is 24.2. The average molecular weight is 268 g/mol. The molecule has 1 aromatic rings. The fourth-order valence-electron chi connectivity index (χ4n) is 2.04. The molecule has 2 heterocycles. The van der Waals surface area contributed by atoms with Gasteiger partial charge in [-0.05, 0) is 25.5 Å². The molecule has 1 atom stereocenters. The SMILES string of the molecule is CCCNCc1cc(F)cnc1OCC1CCOC1. The third-order valence-corrected chi connectivity index (χ3v) is 3.11. The molecular weight excluding hydrogens is 247 g/mol. The highest BCUT2D eigenvalue weighted by Gasteiger charge is 2.17. The average Bonchev–Trinajstić information content (AvgIpc) is 2.91. The Morgan fingerprint density at radius 1 is 1.58 bits per heavy atom. The number of aromatic nitrogens is 1. The van der Waals surface area contributed by atoms with Gasteiger partial charge in [0.2, 0.25) is 5.88 Å². The van der Waals surface area contributed by atoms with Crippen LogP contribution in [-0.4, -0.2) is 31.3 Å². The Hall–Kier alpha value is -1.20. The lowest BCUT2D eigenvalue weighted by Gasteiger charge is -2.13. The van der Waals surface area contributed by atoms with Gasteiger partial charge in [0.15, 0.2) is 0 Å². The monoisotopic (exact) mass is 268 g/mol. The summed E-state index contributed by atoms with van der Waals surface area (Å²) >= 11 is 0. The maximum Gasteiger partial charge on any atom is 0.218 e. The van der Waals surface area contributed by atoms with Crippen molar-refractivity contribution < 1.29 is 13.9 Å². The van der Waals surface area contributed by atoms with Crippen LogP contribution in [0.2, 0.25) is 0 Å². The molecule has 0 spiro atoms. The molecule has 0 aromatic carbocycles. The third-order valence-electron chi connectivity index (χ3n) is 3.11. The summed E-state index contributed by atoms with van der Waals surface area (Å²) in [5.41, 5.74) is 0.771. The highest BCUT2D eigenvalue weighted by molar-refractivity contribution is 5.26. The molecule has 0 aliphatic carbocycles. The summed E-state index contributed by atoms with van der Waals surface area (Å²) in [7, 11) is 0. The number of hydrogen-bond acceptors (Lipinski definition) is 4. The summed E-state index contributed by atoms with van der Waals surface area (Å²) in [6, 6.07) is 1.48. The minimum Gasteiger partial charge on any atom is -0.477 e. The van der Waals surface area contributed by atoms with Gasteiger partial charge in [0.1, 0.15) is 5.82 Å². The lowest BCUT2D eigenvalue weighted by molar-refractivity contribution is 0.165. The molecule has 0 radical (unpaired) electrons. The van der Waals surface area contributed by atoms with Gasteiger partial charge in [-0.25, -0.2) is 9.37 Å². The normalized spacial score (nSPS) is 18.7. The highest BCUT2D eigenvalue weighted by atomic mass is 19.1. The number of nitrogens with one attached hydrogen (secondary N) is 1. The molecule has 1 aliphatic heterocycles. The Morgan fingerprint density at radius 3 is 3.21 bits per heavy atom. The van der Waals surface area contributed by atoms with Gasteiger partial charge in [-0.1, -0.05) is 6.92 Å². The van der Waals surface area contributed by atoms with Crippen LogP contribution in [0.1, 0.15) is 25.3 Å². The second kappa shape index (κ2) is 7.40. The Balaban J connectivity index is 1.92. The summed E-state index contributed by atoms with van der Waals surface area (Å²) in [5, 5.41) is 3.24. The van der Waals surface area contributed by atoms with Gasteiger partial charge in [-0.2, -0.15) is 0 Å². The van der Waals surface area contributed by atoms with E-state index in [2.05, 4.69) is 17.2 Å². The van der Waals surface area contributed by atoms with Crippen molar-refractivity contribution in [1.29, 1.82) is 0 Å². The maximum atomic E-state index is 13.2. The van der Waals surface area contributed by atoms with Crippen molar-refractivity contribution in [3.8, 4) is 5.88 Å². The van der Waals surface area contributed by atoms with Crippen molar-refractivity contribution in [1.82, 2.24) is 10.3 Å². The van der Waals surface area contributed by atoms with Crippen molar-refractivity contribution in [2.24, 2.45) is 5.92 Å². The molecule has 19 heavy (non-hydrogen) atoms. The van der Waals surface area contributed by atoms with Crippen molar-refractivity contribution in [3.05, 3.63) is 23.6 Å². The second-order valence-electron chi connectivity index (χ2n) is 4.84. The maximum absolute atomic E-state index is 13.2. The van der Waals surface area contributed by atoms with Crippen LogP contribution in [0.4, 0.5) is 4.39 Å². The Kier molecular flexibility index (Phi) is 5.54. The van der Waals surface area contributed by atoms with E-state index in [0.717, 1.165) is 38.2 Å². The predicted molar refractivity (Wildman–Crippen MR) is 70.6 cm³/mol. The minimum atomic E-state index is -0.329. The summed E-state index contributed by atoms with van der Waals surface area (Å²) in [6.45, 7) is 5.69. The number of ether oxygens (including phenoxy) is 2. The van der Waals surface area contributed by atoms with E-state index in [9.17, 15) is 4.39 Å². The molecule has 2 rings (SSSR count). The molecule has 1 fully saturated rings. The summed E-state index contributed by atoms with van der Waals surface area (Å²) in [5.74, 6) is 0.616. The van der Waals surface area contributed by atoms with E-state index >= 15 is 0 Å². The van der Waals surface area contributed by atoms with Crippen molar-refractivity contribution in [2.75, 3.05) is 26.4 Å². The zero-order valence-corrected chi connectivity index (χ0v) is 11.3. The number of nitrogens with zero attached hydrogens (tertiary/aromatic N) is 1. The molecule has 1 aromatic heterocycles. The second-order valence-corrected chi connectivity index (χ2v) is 4.84. The van der Waals surface area contributed by atoms with E-state index in [0.29, 0.717) is 24.9 Å². The van der Waals surface area contributed by atoms with Crippen LogP contribution in [0.3, 0.4) is 0 Å². The van der Waals surface area contributed by atoms with Gasteiger partial charge in [0.25, 0.3) is 0 Å². The third kappa shape index (κ3) is 4.44. The fraction of sp³-hybridized carbons (Fsp3) is 0.643. The Morgan fingerprint density at radius 2 is 2.47 bits per heavy atom. The van der Waals surface area contributed by atoms with E-state index in [4.69, 9.17) is 9.47 Å². The van der Waals surface area contributed by atoms with Crippen LogP contribution in [0.15, 0.2) is 12.3 Å². The van der Waals surface area contributed by atoms with E-state index < -0.39 is 0 Å². The van der Waals surface area contributed by atoms with Gasteiger partial charge in [0, 0.05) is 24.6 Å². The van der Waals surface area contributed by atoms with Crippen LogP contribution in [0.25, 0.3) is 0 Å². The molecule has 5 heteroatoms. The molecule has 4 nitrogen and oxygen atoms in total. The quantitative estimate of drug-likeness (QED) is 0.769. The Labute approximate surface area is 113 Å². The number of hydrogen-bond donors (Lipinski definition) is 1. The zero-order valence-electron chi connectivity index (χ0n) is 11.3. The zero-order chi connectivity index (χ0) is 13.5. The van der Waals surface area contributed by atoms with Crippen LogP contribution < -0.4 is 10.1 Å². The van der Waals surface area contributed by atoms with Crippen LogP contribution in [0.5, 0.6) is 5.88 Å². The first-order chi connectivity index (χ1) is 9.29. The van der Waals surface area contributed by atoms with Gasteiger partial charge in [-0.15, -0.1) is 0 Å². The molecule has 1 aliphatic rings. The molecule has 1 saturated heterocycles. The number of pyridine rings is 1. The van der Waals surface area contributed by atoms with E-state index in [1.807, 2.05) is 0 Å². The first kappa shape index (κ1) is 14.2. The van der Waals surface area contributed by atoms with Gasteiger partial charge in [0.05, 0.1) is 19.4 Å². The smallest absolute Gasteiger partial charge is 0.218 e. The lowest BCUT2D eigenvalue weighted by atomic mass is 10.1. The summed E-state index contributed by atoms with van der Waals surface area (Å²) in [4.78, 5) is 4.04.